The molecule has 0 aliphatic heterocycles. The van der Waals surface area contributed by atoms with Crippen LogP contribution in [0.5, 0.6) is 0 Å². The molecule has 0 spiro atoms. The summed E-state index contributed by atoms with van der Waals surface area (Å²) in [5.74, 6) is 0. The highest BCUT2D eigenvalue weighted by atomic mass is 35.5. The number of nitrogen functional groups attached to an aromatic ring is 1. The van der Waals surface area contributed by atoms with Crippen molar-refractivity contribution in [2.24, 2.45) is 0 Å². The first-order valence-corrected chi connectivity index (χ1v) is 4.40. The maximum Gasteiger partial charge on any atom is 0.0501 e. The van der Waals surface area contributed by atoms with Gasteiger partial charge in [0, 0.05) is 16.4 Å². The molecule has 1 aromatic carbocycles. The molecule has 3 heteroatoms. The predicted octanol–water partition coefficient (Wildman–Crippen LogP) is 2.74. The van der Waals surface area contributed by atoms with Crippen LogP contribution < -0.4 is 11.1 Å². The van der Waals surface area contributed by atoms with Gasteiger partial charge in [0.15, 0.2) is 0 Å². The summed E-state index contributed by atoms with van der Waals surface area (Å²) in [7, 11) is 0. The van der Waals surface area contributed by atoms with Gasteiger partial charge in [0.05, 0.1) is 6.54 Å². The molecule has 0 aromatic heterocycles. The summed E-state index contributed by atoms with van der Waals surface area (Å²) in [5, 5.41) is 3.68. The molecule has 0 saturated heterocycles. The smallest absolute Gasteiger partial charge is 0.0501 e. The van der Waals surface area contributed by atoms with Crippen LogP contribution in [0.25, 0.3) is 0 Å². The van der Waals surface area contributed by atoms with Crippen LogP contribution in [0.4, 0.5) is 11.4 Å². The van der Waals surface area contributed by atoms with Crippen molar-refractivity contribution in [3.63, 3.8) is 0 Å². The van der Waals surface area contributed by atoms with Gasteiger partial charge in [0.25, 0.3) is 0 Å². The van der Waals surface area contributed by atoms with E-state index in [1.807, 2.05) is 25.1 Å². The summed E-state index contributed by atoms with van der Waals surface area (Å²) >= 11 is 5.61. The van der Waals surface area contributed by atoms with Crippen molar-refractivity contribution in [3.05, 3.63) is 35.4 Å². The molecule has 0 aliphatic carbocycles. The molecular formula is C10H13ClN2. The van der Waals surface area contributed by atoms with Crippen molar-refractivity contribution < 1.29 is 0 Å². The Morgan fingerprint density at radius 3 is 2.85 bits per heavy atom. The average molecular weight is 197 g/mol. The number of hydrogen-bond acceptors (Lipinski definition) is 2. The zero-order valence-corrected chi connectivity index (χ0v) is 8.36. The average Bonchev–Trinajstić information content (AvgIpc) is 2.07. The maximum atomic E-state index is 5.73. The van der Waals surface area contributed by atoms with Crippen LogP contribution in [0.15, 0.2) is 29.8 Å². The largest absolute Gasteiger partial charge is 0.398 e. The van der Waals surface area contributed by atoms with E-state index in [0.717, 1.165) is 16.9 Å². The van der Waals surface area contributed by atoms with Crippen molar-refractivity contribution in [1.82, 2.24) is 0 Å². The third kappa shape index (κ3) is 2.99. The second kappa shape index (κ2) is 4.19. The Morgan fingerprint density at radius 2 is 2.31 bits per heavy atom. The van der Waals surface area contributed by atoms with Crippen LogP contribution in [0.2, 0.25) is 0 Å². The van der Waals surface area contributed by atoms with E-state index in [1.54, 1.807) is 0 Å². The lowest BCUT2D eigenvalue weighted by Crippen LogP contribution is -2.01. The van der Waals surface area contributed by atoms with Gasteiger partial charge in [-0.3, -0.25) is 0 Å². The first kappa shape index (κ1) is 9.93. The lowest BCUT2D eigenvalue weighted by molar-refractivity contribution is 1.31. The van der Waals surface area contributed by atoms with Gasteiger partial charge in [0.2, 0.25) is 0 Å². The van der Waals surface area contributed by atoms with E-state index in [1.165, 1.54) is 0 Å². The van der Waals surface area contributed by atoms with E-state index >= 15 is 0 Å². The molecule has 0 fully saturated rings. The van der Waals surface area contributed by atoms with E-state index in [4.69, 9.17) is 17.3 Å². The van der Waals surface area contributed by atoms with E-state index in [2.05, 4.69) is 11.9 Å². The lowest BCUT2D eigenvalue weighted by atomic mass is 10.2. The number of halogens is 1. The topological polar surface area (TPSA) is 38.0 Å². The maximum absolute atomic E-state index is 5.73. The Kier molecular flexibility index (Phi) is 3.20. The van der Waals surface area contributed by atoms with Gasteiger partial charge in [-0.25, -0.2) is 0 Å². The summed E-state index contributed by atoms with van der Waals surface area (Å²) in [6.07, 6.45) is 0. The van der Waals surface area contributed by atoms with E-state index in [9.17, 15) is 0 Å². The summed E-state index contributed by atoms with van der Waals surface area (Å²) in [6, 6.07) is 5.81. The van der Waals surface area contributed by atoms with Gasteiger partial charge in [-0.15, -0.1) is 0 Å². The monoisotopic (exact) mass is 196 g/mol. The molecule has 0 radical (unpaired) electrons. The van der Waals surface area contributed by atoms with Crippen LogP contribution in [0.1, 0.15) is 5.56 Å². The highest BCUT2D eigenvalue weighted by Gasteiger charge is 1.96. The first-order valence-electron chi connectivity index (χ1n) is 4.03. The number of nitrogens with one attached hydrogen (secondary N) is 1. The fourth-order valence-electron chi connectivity index (χ4n) is 0.948. The lowest BCUT2D eigenvalue weighted by Gasteiger charge is -2.07. The minimum absolute atomic E-state index is 0.560. The Bertz CT molecular complexity index is 321. The molecule has 3 N–H and O–H groups in total. The van der Waals surface area contributed by atoms with Crippen molar-refractivity contribution >= 4 is 23.0 Å². The van der Waals surface area contributed by atoms with Gasteiger partial charge in [-0.1, -0.05) is 24.2 Å². The summed E-state index contributed by atoms with van der Waals surface area (Å²) < 4.78 is 0. The highest BCUT2D eigenvalue weighted by Crippen LogP contribution is 2.17. The highest BCUT2D eigenvalue weighted by molar-refractivity contribution is 6.29. The number of benzene rings is 1. The quantitative estimate of drug-likeness (QED) is 0.730. The minimum Gasteiger partial charge on any atom is -0.398 e. The fourth-order valence-corrected chi connectivity index (χ4v) is 1.02. The molecule has 0 atom stereocenters. The van der Waals surface area contributed by atoms with Crippen LogP contribution in [-0.4, -0.2) is 6.54 Å². The van der Waals surface area contributed by atoms with Crippen LogP contribution >= 0.6 is 11.6 Å². The van der Waals surface area contributed by atoms with E-state index < -0.39 is 0 Å². The van der Waals surface area contributed by atoms with Crippen molar-refractivity contribution in [2.45, 2.75) is 6.92 Å². The molecule has 0 saturated carbocycles. The van der Waals surface area contributed by atoms with Crippen LogP contribution in [0.3, 0.4) is 0 Å². The number of rotatable bonds is 3. The molecular weight excluding hydrogens is 184 g/mol. The normalized spacial score (nSPS) is 9.69. The fraction of sp³-hybridized carbons (Fsp3) is 0.200. The van der Waals surface area contributed by atoms with Gasteiger partial charge >= 0.3 is 0 Å². The van der Waals surface area contributed by atoms with E-state index in [-0.39, 0.29) is 0 Å². The van der Waals surface area contributed by atoms with Crippen molar-refractivity contribution in [1.29, 1.82) is 0 Å². The predicted molar refractivity (Wildman–Crippen MR) is 59.1 cm³/mol. The second-order valence-electron chi connectivity index (χ2n) is 2.94. The van der Waals surface area contributed by atoms with E-state index in [0.29, 0.717) is 11.6 Å². The standard InChI is InChI=1S/C10H13ClN2/c1-7-3-4-9(5-10(7)12)13-6-8(2)11/h3-5,13H,2,6,12H2,1H3. The molecule has 0 aliphatic rings. The molecule has 2 nitrogen and oxygen atoms in total. The molecule has 0 bridgehead atoms. The van der Waals surface area contributed by atoms with Gasteiger partial charge < -0.3 is 11.1 Å². The Morgan fingerprint density at radius 1 is 1.62 bits per heavy atom. The Labute approximate surface area is 83.4 Å². The molecule has 0 amide bonds. The number of nitrogens with two attached hydrogens (primary N) is 1. The van der Waals surface area contributed by atoms with Gasteiger partial charge in [-0.05, 0) is 24.6 Å². The number of aryl methyl sites for hydroxylation is 1. The Hall–Kier alpha value is -1.15. The zero-order chi connectivity index (χ0) is 9.84. The Balaban J connectivity index is 2.68. The zero-order valence-electron chi connectivity index (χ0n) is 7.60. The van der Waals surface area contributed by atoms with Gasteiger partial charge in [0.1, 0.15) is 0 Å². The number of hydrogen-bond donors (Lipinski definition) is 2. The number of anilines is 2. The van der Waals surface area contributed by atoms with Crippen LogP contribution in [-0.2, 0) is 0 Å². The SMILES string of the molecule is C=C(Cl)CNc1ccc(C)c(N)c1. The molecule has 70 valence electrons. The van der Waals surface area contributed by atoms with Gasteiger partial charge in [-0.2, -0.15) is 0 Å². The summed E-state index contributed by atoms with van der Waals surface area (Å²) in [4.78, 5) is 0. The van der Waals surface area contributed by atoms with Crippen molar-refractivity contribution in [3.8, 4) is 0 Å². The third-order valence-corrected chi connectivity index (χ3v) is 1.90. The molecule has 1 rings (SSSR count). The minimum atomic E-state index is 0.560. The second-order valence-corrected chi connectivity index (χ2v) is 3.48. The molecule has 1 aromatic rings. The first-order chi connectivity index (χ1) is 6.09. The van der Waals surface area contributed by atoms with Crippen molar-refractivity contribution in [2.75, 3.05) is 17.6 Å². The third-order valence-electron chi connectivity index (χ3n) is 1.76. The summed E-state index contributed by atoms with van der Waals surface area (Å²) in [6.45, 7) is 6.11. The molecule has 0 heterocycles. The molecule has 13 heavy (non-hydrogen) atoms. The van der Waals surface area contributed by atoms with Crippen LogP contribution in [0, 0.1) is 6.92 Å². The molecule has 0 unspecified atom stereocenters. The summed E-state index contributed by atoms with van der Waals surface area (Å²) in [5.41, 5.74) is 8.56.